The lowest BCUT2D eigenvalue weighted by molar-refractivity contribution is -0.136. The van der Waals surface area contributed by atoms with E-state index in [0.29, 0.717) is 15.8 Å². The van der Waals surface area contributed by atoms with Crippen LogP contribution in [0.5, 0.6) is 11.5 Å². The Hall–Kier alpha value is -1.23. The molecule has 4 nitrogen and oxygen atoms in total. The van der Waals surface area contributed by atoms with Crippen LogP contribution in [0.1, 0.15) is 5.56 Å². The van der Waals surface area contributed by atoms with E-state index in [4.69, 9.17) is 9.84 Å². The van der Waals surface area contributed by atoms with Crippen molar-refractivity contribution in [3.8, 4) is 11.5 Å². The normalized spacial score (nSPS) is 9.86. The fraction of sp³-hybridized carbons (Fsp3) is 0.222. The van der Waals surface area contributed by atoms with E-state index in [0.717, 1.165) is 0 Å². The Morgan fingerprint density at radius 3 is 2.71 bits per heavy atom. The molecule has 0 fully saturated rings. The highest BCUT2D eigenvalue weighted by atomic mass is 79.9. The van der Waals surface area contributed by atoms with Crippen molar-refractivity contribution in [1.82, 2.24) is 0 Å². The van der Waals surface area contributed by atoms with Crippen LogP contribution in [-0.2, 0) is 11.2 Å². The number of phenols is 1. The third-order valence-electron chi connectivity index (χ3n) is 1.70. The number of methoxy groups -OCH3 is 1. The monoisotopic (exact) mass is 260 g/mol. The average molecular weight is 261 g/mol. The minimum atomic E-state index is -0.944. The molecule has 14 heavy (non-hydrogen) atoms. The average Bonchev–Trinajstić information content (AvgIpc) is 2.11. The number of hydrogen-bond acceptors (Lipinski definition) is 3. The molecule has 0 saturated heterocycles. The molecule has 0 bridgehead atoms. The summed E-state index contributed by atoms with van der Waals surface area (Å²) in [5, 5.41) is 17.9. The van der Waals surface area contributed by atoms with E-state index in [-0.39, 0.29) is 12.2 Å². The maximum atomic E-state index is 10.5. The van der Waals surface area contributed by atoms with Crippen LogP contribution < -0.4 is 4.74 Å². The first-order valence-electron chi connectivity index (χ1n) is 3.82. The van der Waals surface area contributed by atoms with Crippen molar-refractivity contribution < 1.29 is 19.7 Å². The smallest absolute Gasteiger partial charge is 0.307 e. The van der Waals surface area contributed by atoms with Gasteiger partial charge in [-0.2, -0.15) is 0 Å². The highest BCUT2D eigenvalue weighted by Gasteiger charge is 2.13. The summed E-state index contributed by atoms with van der Waals surface area (Å²) in [5.41, 5.74) is 0.518. The van der Waals surface area contributed by atoms with E-state index < -0.39 is 5.97 Å². The second-order valence-electron chi connectivity index (χ2n) is 2.66. The van der Waals surface area contributed by atoms with Crippen LogP contribution in [0.3, 0.4) is 0 Å². The van der Waals surface area contributed by atoms with Gasteiger partial charge >= 0.3 is 5.97 Å². The number of carbonyl (C=O) groups is 1. The summed E-state index contributed by atoms with van der Waals surface area (Å²) >= 11 is 3.11. The van der Waals surface area contributed by atoms with Gasteiger partial charge in [-0.25, -0.2) is 0 Å². The van der Waals surface area contributed by atoms with Crippen molar-refractivity contribution in [3.05, 3.63) is 22.2 Å². The van der Waals surface area contributed by atoms with E-state index in [1.54, 1.807) is 0 Å². The Morgan fingerprint density at radius 1 is 1.57 bits per heavy atom. The van der Waals surface area contributed by atoms with Gasteiger partial charge in [0, 0.05) is 5.56 Å². The highest BCUT2D eigenvalue weighted by molar-refractivity contribution is 9.10. The van der Waals surface area contributed by atoms with E-state index in [1.165, 1.54) is 19.2 Å². The van der Waals surface area contributed by atoms with Crippen molar-refractivity contribution in [1.29, 1.82) is 0 Å². The second kappa shape index (κ2) is 4.32. The van der Waals surface area contributed by atoms with Crippen molar-refractivity contribution in [3.63, 3.8) is 0 Å². The molecule has 0 heterocycles. The number of halogens is 1. The van der Waals surface area contributed by atoms with Crippen LogP contribution in [0, 0.1) is 0 Å². The van der Waals surface area contributed by atoms with Gasteiger partial charge in [0.25, 0.3) is 0 Å². The Labute approximate surface area is 89.3 Å². The molecule has 0 aliphatic rings. The van der Waals surface area contributed by atoms with E-state index >= 15 is 0 Å². The number of rotatable bonds is 3. The lowest BCUT2D eigenvalue weighted by Gasteiger charge is -2.09. The Morgan fingerprint density at radius 2 is 2.21 bits per heavy atom. The number of aliphatic carboxylic acids is 1. The molecule has 5 heteroatoms. The van der Waals surface area contributed by atoms with Crippen LogP contribution >= 0.6 is 15.9 Å². The zero-order chi connectivity index (χ0) is 10.7. The van der Waals surface area contributed by atoms with Crippen molar-refractivity contribution in [2.24, 2.45) is 0 Å². The molecule has 0 atom stereocenters. The zero-order valence-electron chi connectivity index (χ0n) is 7.45. The first kappa shape index (κ1) is 10.8. The molecule has 0 radical (unpaired) electrons. The summed E-state index contributed by atoms with van der Waals surface area (Å²) in [7, 11) is 1.42. The Kier molecular flexibility index (Phi) is 3.35. The molecular formula is C9H9BrO4. The first-order chi connectivity index (χ1) is 6.56. The molecule has 0 aliphatic carbocycles. The lowest BCUT2D eigenvalue weighted by atomic mass is 10.1. The van der Waals surface area contributed by atoms with Crippen LogP contribution in [0.4, 0.5) is 0 Å². The molecule has 0 amide bonds. The van der Waals surface area contributed by atoms with Crippen molar-refractivity contribution in [2.45, 2.75) is 6.42 Å². The van der Waals surface area contributed by atoms with Crippen LogP contribution in [-0.4, -0.2) is 23.3 Å². The Bertz CT molecular complexity index is 362. The summed E-state index contributed by atoms with van der Waals surface area (Å²) in [6, 6.07) is 2.94. The van der Waals surface area contributed by atoms with E-state index in [2.05, 4.69) is 15.9 Å². The van der Waals surface area contributed by atoms with Gasteiger partial charge in [0.1, 0.15) is 16.0 Å². The number of phenolic OH excluding ortho intramolecular Hbond substituents is 1. The molecule has 0 unspecified atom stereocenters. The number of ether oxygens (including phenoxy) is 1. The highest BCUT2D eigenvalue weighted by Crippen LogP contribution is 2.36. The van der Waals surface area contributed by atoms with Crippen molar-refractivity contribution >= 4 is 21.9 Å². The largest absolute Gasteiger partial charge is 0.507 e. The minimum absolute atomic E-state index is 0.0241. The van der Waals surface area contributed by atoms with Crippen LogP contribution in [0.15, 0.2) is 16.6 Å². The molecule has 0 aromatic heterocycles. The fourth-order valence-electron chi connectivity index (χ4n) is 1.11. The van der Waals surface area contributed by atoms with Gasteiger partial charge in [-0.1, -0.05) is 6.07 Å². The predicted octanol–water partition coefficient (Wildman–Crippen LogP) is 1.79. The Balaban J connectivity index is 3.17. The number of aromatic hydroxyl groups is 1. The van der Waals surface area contributed by atoms with Gasteiger partial charge < -0.3 is 14.9 Å². The molecule has 0 aliphatic heterocycles. The van der Waals surface area contributed by atoms with Crippen LogP contribution in [0.2, 0.25) is 0 Å². The van der Waals surface area contributed by atoms with Gasteiger partial charge in [0.05, 0.1) is 13.5 Å². The maximum absolute atomic E-state index is 10.5. The van der Waals surface area contributed by atoms with Gasteiger partial charge in [-0.15, -0.1) is 0 Å². The number of benzene rings is 1. The molecule has 0 saturated carbocycles. The standard InChI is InChI=1S/C9H9BrO4/c1-14-9-5(4-7(12)13)2-3-6(11)8(9)10/h2-3,11H,4H2,1H3,(H,12,13). The third-order valence-corrected chi connectivity index (χ3v) is 2.47. The number of carboxylic acid groups (broad SMARTS) is 1. The number of hydrogen-bond donors (Lipinski definition) is 2. The SMILES string of the molecule is COc1c(CC(=O)O)ccc(O)c1Br. The molecule has 76 valence electrons. The molecule has 1 aromatic carbocycles. The van der Waals surface area contributed by atoms with Gasteiger partial charge in [0.15, 0.2) is 0 Å². The predicted molar refractivity (Wildman–Crippen MR) is 53.7 cm³/mol. The van der Waals surface area contributed by atoms with Gasteiger partial charge in [-0.05, 0) is 22.0 Å². The molecule has 1 aromatic rings. The molecular weight excluding hydrogens is 252 g/mol. The second-order valence-corrected chi connectivity index (χ2v) is 3.45. The first-order valence-corrected chi connectivity index (χ1v) is 4.61. The summed E-state index contributed by atoms with van der Waals surface area (Å²) < 4.78 is 5.36. The molecule has 2 N–H and O–H groups in total. The third kappa shape index (κ3) is 2.17. The molecule has 1 rings (SSSR count). The topological polar surface area (TPSA) is 66.8 Å². The fourth-order valence-corrected chi connectivity index (χ4v) is 1.66. The summed E-state index contributed by atoms with van der Waals surface area (Å²) in [6.07, 6.45) is -0.137. The molecule has 0 spiro atoms. The van der Waals surface area contributed by atoms with Crippen LogP contribution in [0.25, 0.3) is 0 Å². The lowest BCUT2D eigenvalue weighted by Crippen LogP contribution is -2.02. The summed E-state index contributed by atoms with van der Waals surface area (Å²) in [5.74, 6) is -0.565. The van der Waals surface area contributed by atoms with Gasteiger partial charge in [-0.3, -0.25) is 4.79 Å². The summed E-state index contributed by atoms with van der Waals surface area (Å²) in [4.78, 5) is 10.5. The summed E-state index contributed by atoms with van der Waals surface area (Å²) in [6.45, 7) is 0. The minimum Gasteiger partial charge on any atom is -0.507 e. The van der Waals surface area contributed by atoms with E-state index in [9.17, 15) is 9.90 Å². The quantitative estimate of drug-likeness (QED) is 0.870. The zero-order valence-corrected chi connectivity index (χ0v) is 9.04. The van der Waals surface area contributed by atoms with Gasteiger partial charge in [0.2, 0.25) is 0 Å². The van der Waals surface area contributed by atoms with Crippen molar-refractivity contribution in [2.75, 3.05) is 7.11 Å². The number of carboxylic acids is 1. The van der Waals surface area contributed by atoms with E-state index in [1.807, 2.05) is 0 Å². The maximum Gasteiger partial charge on any atom is 0.307 e.